The lowest BCUT2D eigenvalue weighted by Crippen LogP contribution is -2.41. The number of aliphatic hydroxyl groups is 1. The number of hydrogen-bond acceptors (Lipinski definition) is 4. The summed E-state index contributed by atoms with van der Waals surface area (Å²) in [6.45, 7) is 8.79. The van der Waals surface area contributed by atoms with Gasteiger partial charge in [-0.15, -0.1) is 0 Å². The zero-order valence-corrected chi connectivity index (χ0v) is 18.4. The van der Waals surface area contributed by atoms with Gasteiger partial charge in [0.1, 0.15) is 11.4 Å². The van der Waals surface area contributed by atoms with Gasteiger partial charge >= 0.3 is 0 Å². The van der Waals surface area contributed by atoms with Crippen LogP contribution in [0.2, 0.25) is 0 Å². The number of rotatable bonds is 11. The SMILES string of the molecule is CC[C@@](O)(CNS(=O)(=O)C/C=C/CC(C)(C)C)c1cccc(OCC2CC2)c1. The van der Waals surface area contributed by atoms with Crippen LogP contribution in [0.25, 0.3) is 0 Å². The number of benzene rings is 1. The van der Waals surface area contributed by atoms with Crippen LogP contribution in [0.1, 0.15) is 58.9 Å². The van der Waals surface area contributed by atoms with Crippen LogP contribution in [0.4, 0.5) is 0 Å². The Hall–Kier alpha value is -1.37. The second-order valence-electron chi connectivity index (χ2n) is 9.01. The fourth-order valence-electron chi connectivity index (χ4n) is 2.73. The minimum absolute atomic E-state index is 0.0645. The van der Waals surface area contributed by atoms with Crippen LogP contribution < -0.4 is 9.46 Å². The van der Waals surface area contributed by atoms with Crippen molar-refractivity contribution in [3.63, 3.8) is 0 Å². The van der Waals surface area contributed by atoms with Gasteiger partial charge in [-0.1, -0.05) is 52.0 Å². The van der Waals surface area contributed by atoms with Gasteiger partial charge in [0.05, 0.1) is 12.4 Å². The molecular weight excluding hydrogens is 374 g/mol. The summed E-state index contributed by atoms with van der Waals surface area (Å²) in [6, 6.07) is 7.32. The van der Waals surface area contributed by atoms with Crippen LogP contribution in [0, 0.1) is 11.3 Å². The van der Waals surface area contributed by atoms with E-state index in [0.29, 0.717) is 30.3 Å². The molecule has 2 rings (SSSR count). The Morgan fingerprint density at radius 3 is 2.57 bits per heavy atom. The first-order valence-corrected chi connectivity index (χ1v) is 11.8. The molecule has 1 aliphatic carbocycles. The van der Waals surface area contributed by atoms with Gasteiger partial charge in [0.25, 0.3) is 0 Å². The van der Waals surface area contributed by atoms with E-state index in [1.54, 1.807) is 6.08 Å². The predicted octanol–water partition coefficient (Wildman–Crippen LogP) is 3.98. The minimum Gasteiger partial charge on any atom is -0.493 e. The number of sulfonamides is 1. The monoisotopic (exact) mass is 409 g/mol. The average Bonchev–Trinajstić information content (AvgIpc) is 3.46. The predicted molar refractivity (Wildman–Crippen MR) is 114 cm³/mol. The van der Waals surface area contributed by atoms with E-state index in [1.165, 1.54) is 12.8 Å². The molecule has 0 saturated heterocycles. The van der Waals surface area contributed by atoms with Gasteiger partial charge in [-0.05, 0) is 54.7 Å². The fourth-order valence-corrected chi connectivity index (χ4v) is 3.69. The summed E-state index contributed by atoms with van der Waals surface area (Å²) in [5.41, 5.74) is -0.488. The third kappa shape index (κ3) is 7.94. The van der Waals surface area contributed by atoms with Gasteiger partial charge in [0.2, 0.25) is 10.0 Å². The van der Waals surface area contributed by atoms with E-state index in [-0.39, 0.29) is 17.7 Å². The molecule has 0 spiro atoms. The number of ether oxygens (including phenoxy) is 1. The zero-order chi connectivity index (χ0) is 20.8. The molecule has 1 atom stereocenters. The lowest BCUT2D eigenvalue weighted by Gasteiger charge is -2.28. The summed E-state index contributed by atoms with van der Waals surface area (Å²) in [4.78, 5) is 0. The molecular formula is C22H35NO4S. The molecule has 0 amide bonds. The molecule has 0 aromatic heterocycles. The Balaban J connectivity index is 1.96. The maximum Gasteiger partial charge on any atom is 0.215 e. The Morgan fingerprint density at radius 2 is 1.96 bits per heavy atom. The first-order chi connectivity index (χ1) is 13.0. The highest BCUT2D eigenvalue weighted by molar-refractivity contribution is 7.89. The van der Waals surface area contributed by atoms with Crippen molar-refractivity contribution in [2.45, 2.75) is 59.0 Å². The van der Waals surface area contributed by atoms with Crippen molar-refractivity contribution in [1.82, 2.24) is 4.72 Å². The van der Waals surface area contributed by atoms with Crippen LogP contribution in [-0.2, 0) is 15.6 Å². The summed E-state index contributed by atoms with van der Waals surface area (Å²) < 4.78 is 33.0. The summed E-state index contributed by atoms with van der Waals surface area (Å²) in [6.07, 6.45) is 7.20. The summed E-state index contributed by atoms with van der Waals surface area (Å²) in [5.74, 6) is 1.27. The standard InChI is InChI=1S/C22H35NO4S/c1-5-22(24,17-23-28(25,26)14-7-6-13-21(2,3)4)19-9-8-10-20(15-19)27-16-18-11-12-18/h6-10,15,18,23-24H,5,11-14,16-17H2,1-4H3/b7-6+/t22-/m1/s1. The normalized spacial score (nSPS) is 17.6. The van der Waals surface area contributed by atoms with Crippen molar-refractivity contribution in [3.05, 3.63) is 42.0 Å². The Labute approximate surface area is 170 Å². The van der Waals surface area contributed by atoms with E-state index in [4.69, 9.17) is 4.74 Å². The van der Waals surface area contributed by atoms with Crippen molar-refractivity contribution in [3.8, 4) is 5.75 Å². The molecule has 28 heavy (non-hydrogen) atoms. The Morgan fingerprint density at radius 1 is 1.25 bits per heavy atom. The van der Waals surface area contributed by atoms with Crippen molar-refractivity contribution >= 4 is 10.0 Å². The number of hydrogen-bond donors (Lipinski definition) is 2. The molecule has 0 aliphatic heterocycles. The largest absolute Gasteiger partial charge is 0.493 e. The van der Waals surface area contributed by atoms with Crippen molar-refractivity contribution in [2.75, 3.05) is 18.9 Å². The molecule has 0 unspecified atom stereocenters. The molecule has 1 aromatic rings. The molecule has 1 aromatic carbocycles. The van der Waals surface area contributed by atoms with Crippen LogP contribution in [0.15, 0.2) is 36.4 Å². The molecule has 1 saturated carbocycles. The molecule has 1 aliphatic rings. The molecule has 6 heteroatoms. The highest BCUT2D eigenvalue weighted by Gasteiger charge is 2.29. The zero-order valence-electron chi connectivity index (χ0n) is 17.6. The van der Waals surface area contributed by atoms with Gasteiger partial charge < -0.3 is 9.84 Å². The van der Waals surface area contributed by atoms with Gasteiger partial charge in [-0.3, -0.25) is 0 Å². The van der Waals surface area contributed by atoms with E-state index in [0.717, 1.165) is 6.42 Å². The lowest BCUT2D eigenvalue weighted by atomic mass is 9.91. The van der Waals surface area contributed by atoms with Crippen molar-refractivity contribution in [2.24, 2.45) is 11.3 Å². The second kappa shape index (κ2) is 9.42. The number of nitrogens with one attached hydrogen (secondary N) is 1. The van der Waals surface area contributed by atoms with Crippen LogP contribution in [-0.4, -0.2) is 32.4 Å². The first-order valence-electron chi connectivity index (χ1n) is 10.1. The maximum absolute atomic E-state index is 12.3. The lowest BCUT2D eigenvalue weighted by molar-refractivity contribution is 0.0377. The highest BCUT2D eigenvalue weighted by atomic mass is 32.2. The van der Waals surface area contributed by atoms with Gasteiger partial charge in [0, 0.05) is 6.54 Å². The van der Waals surface area contributed by atoms with Crippen molar-refractivity contribution in [1.29, 1.82) is 0 Å². The quantitative estimate of drug-likeness (QED) is 0.542. The van der Waals surface area contributed by atoms with E-state index in [9.17, 15) is 13.5 Å². The molecule has 1 fully saturated rings. The summed E-state index contributed by atoms with van der Waals surface area (Å²) >= 11 is 0. The van der Waals surface area contributed by atoms with E-state index >= 15 is 0 Å². The van der Waals surface area contributed by atoms with Gasteiger partial charge in [0.15, 0.2) is 0 Å². The van der Waals surface area contributed by atoms with E-state index in [2.05, 4.69) is 25.5 Å². The maximum atomic E-state index is 12.3. The van der Waals surface area contributed by atoms with Crippen LogP contribution >= 0.6 is 0 Å². The second-order valence-corrected chi connectivity index (χ2v) is 10.9. The number of allylic oxidation sites excluding steroid dienone is 1. The molecule has 0 bridgehead atoms. The average molecular weight is 410 g/mol. The summed E-state index contributed by atoms with van der Waals surface area (Å²) in [7, 11) is -3.50. The third-order valence-electron chi connectivity index (χ3n) is 4.94. The molecule has 158 valence electrons. The first kappa shape index (κ1) is 22.9. The molecule has 2 N–H and O–H groups in total. The van der Waals surface area contributed by atoms with E-state index < -0.39 is 15.6 Å². The Bertz CT molecular complexity index is 763. The van der Waals surface area contributed by atoms with E-state index in [1.807, 2.05) is 37.3 Å². The molecule has 5 nitrogen and oxygen atoms in total. The van der Waals surface area contributed by atoms with Crippen molar-refractivity contribution < 1.29 is 18.3 Å². The molecule has 0 heterocycles. The topological polar surface area (TPSA) is 75.6 Å². The highest BCUT2D eigenvalue weighted by Crippen LogP contribution is 2.31. The van der Waals surface area contributed by atoms with Crippen LogP contribution in [0.5, 0.6) is 5.75 Å². The van der Waals surface area contributed by atoms with Gasteiger partial charge in [-0.25, -0.2) is 13.1 Å². The molecule has 0 radical (unpaired) electrons. The smallest absolute Gasteiger partial charge is 0.215 e. The van der Waals surface area contributed by atoms with Crippen LogP contribution in [0.3, 0.4) is 0 Å². The minimum atomic E-state index is -3.50. The summed E-state index contributed by atoms with van der Waals surface area (Å²) in [5, 5.41) is 11.0. The Kier molecular flexibility index (Phi) is 7.71. The third-order valence-corrected chi connectivity index (χ3v) is 6.15. The fraction of sp³-hybridized carbons (Fsp3) is 0.636. The van der Waals surface area contributed by atoms with Gasteiger partial charge in [-0.2, -0.15) is 0 Å².